The number of aliphatic hydroxyl groups is 1. The van der Waals surface area contributed by atoms with E-state index >= 15 is 0 Å². The van der Waals surface area contributed by atoms with Crippen molar-refractivity contribution in [3.05, 3.63) is 0 Å². The molecule has 1 heteroatoms. The number of hydrogen-bond acceptors (Lipinski definition) is 1. The molecule has 0 radical (unpaired) electrons. The molecule has 0 saturated heterocycles. The van der Waals surface area contributed by atoms with Crippen LogP contribution in [-0.4, -0.2) is 11.2 Å². The lowest BCUT2D eigenvalue weighted by atomic mass is 9.48. The molecule has 82 valence electrons. The molecule has 4 atom stereocenters. The normalized spacial score (nSPS) is 48.6. The van der Waals surface area contributed by atoms with Crippen molar-refractivity contribution in [2.24, 2.45) is 17.3 Å². The van der Waals surface area contributed by atoms with Gasteiger partial charge in [-0.15, -0.1) is 0 Å². The van der Waals surface area contributed by atoms with Gasteiger partial charge in [0.1, 0.15) is 0 Å². The SMILES string of the molecule is CCC1(C)C(O)C2CCCCCCC21. The van der Waals surface area contributed by atoms with Gasteiger partial charge in [0.25, 0.3) is 0 Å². The summed E-state index contributed by atoms with van der Waals surface area (Å²) >= 11 is 0. The Morgan fingerprint density at radius 1 is 1.14 bits per heavy atom. The van der Waals surface area contributed by atoms with Crippen molar-refractivity contribution in [2.75, 3.05) is 0 Å². The maximum absolute atomic E-state index is 10.2. The first kappa shape index (κ1) is 10.5. The fourth-order valence-electron chi connectivity index (χ4n) is 3.77. The average Bonchev–Trinajstić information content (AvgIpc) is 2.16. The van der Waals surface area contributed by atoms with Crippen LogP contribution in [-0.2, 0) is 0 Å². The third-order valence-electron chi connectivity index (χ3n) is 5.01. The Labute approximate surface area is 87.9 Å². The van der Waals surface area contributed by atoms with Gasteiger partial charge in [-0.1, -0.05) is 39.5 Å². The van der Waals surface area contributed by atoms with Gasteiger partial charge in [-0.05, 0) is 36.5 Å². The van der Waals surface area contributed by atoms with Crippen molar-refractivity contribution in [1.29, 1.82) is 0 Å². The molecule has 2 aliphatic carbocycles. The zero-order chi connectivity index (χ0) is 10.2. The molecule has 2 saturated carbocycles. The summed E-state index contributed by atoms with van der Waals surface area (Å²) in [5.41, 5.74) is 0.252. The Morgan fingerprint density at radius 3 is 2.43 bits per heavy atom. The number of fused-ring (bicyclic) bond motifs is 1. The summed E-state index contributed by atoms with van der Waals surface area (Å²) in [6, 6.07) is 0. The summed E-state index contributed by atoms with van der Waals surface area (Å²) in [7, 11) is 0. The first-order valence-electron chi connectivity index (χ1n) is 6.38. The van der Waals surface area contributed by atoms with E-state index in [0.29, 0.717) is 5.92 Å². The fraction of sp³-hybridized carbons (Fsp3) is 1.00. The molecule has 0 aromatic rings. The van der Waals surface area contributed by atoms with Crippen molar-refractivity contribution >= 4 is 0 Å². The lowest BCUT2D eigenvalue weighted by molar-refractivity contribution is -0.180. The van der Waals surface area contributed by atoms with Crippen LogP contribution in [0.4, 0.5) is 0 Å². The van der Waals surface area contributed by atoms with E-state index in [1.165, 1.54) is 38.5 Å². The molecule has 0 spiro atoms. The van der Waals surface area contributed by atoms with E-state index in [9.17, 15) is 5.11 Å². The summed E-state index contributed by atoms with van der Waals surface area (Å²) in [4.78, 5) is 0. The third kappa shape index (κ3) is 1.41. The standard InChI is InChI=1S/C13H24O/c1-3-13(2)11-9-7-5-4-6-8-10(11)12(13)14/h10-12,14H,3-9H2,1-2H3. The highest BCUT2D eigenvalue weighted by atomic mass is 16.3. The highest BCUT2D eigenvalue weighted by Gasteiger charge is 2.56. The molecule has 0 aromatic carbocycles. The Bertz CT molecular complexity index is 201. The summed E-state index contributed by atoms with van der Waals surface area (Å²) in [6.07, 6.45) is 9.33. The number of hydrogen-bond donors (Lipinski definition) is 1. The second-order valence-electron chi connectivity index (χ2n) is 5.57. The van der Waals surface area contributed by atoms with Crippen LogP contribution in [0.3, 0.4) is 0 Å². The molecular weight excluding hydrogens is 172 g/mol. The van der Waals surface area contributed by atoms with E-state index in [1.54, 1.807) is 0 Å². The summed E-state index contributed by atoms with van der Waals surface area (Å²) < 4.78 is 0. The van der Waals surface area contributed by atoms with Gasteiger partial charge < -0.3 is 5.11 Å². The molecule has 2 aliphatic rings. The molecule has 1 nitrogen and oxygen atoms in total. The second-order valence-corrected chi connectivity index (χ2v) is 5.57. The van der Waals surface area contributed by atoms with Crippen LogP contribution in [0.15, 0.2) is 0 Å². The highest BCUT2D eigenvalue weighted by Crippen LogP contribution is 2.57. The minimum Gasteiger partial charge on any atom is -0.392 e. The van der Waals surface area contributed by atoms with Crippen molar-refractivity contribution in [1.82, 2.24) is 0 Å². The van der Waals surface area contributed by atoms with Gasteiger partial charge in [-0.2, -0.15) is 0 Å². The van der Waals surface area contributed by atoms with E-state index in [-0.39, 0.29) is 11.5 Å². The zero-order valence-electron chi connectivity index (χ0n) is 9.63. The Hall–Kier alpha value is -0.0400. The van der Waals surface area contributed by atoms with Crippen LogP contribution < -0.4 is 0 Å². The molecule has 0 bridgehead atoms. The molecule has 1 N–H and O–H groups in total. The molecule has 14 heavy (non-hydrogen) atoms. The molecule has 2 fully saturated rings. The van der Waals surface area contributed by atoms with E-state index in [1.807, 2.05) is 0 Å². The molecule has 2 rings (SSSR count). The van der Waals surface area contributed by atoms with E-state index < -0.39 is 0 Å². The monoisotopic (exact) mass is 196 g/mol. The van der Waals surface area contributed by atoms with Gasteiger partial charge in [0.05, 0.1) is 6.10 Å². The summed E-state index contributed by atoms with van der Waals surface area (Å²) in [5, 5.41) is 10.2. The Balaban J connectivity index is 2.05. The predicted octanol–water partition coefficient (Wildman–Crippen LogP) is 3.36. The fourth-order valence-corrected chi connectivity index (χ4v) is 3.77. The summed E-state index contributed by atoms with van der Waals surface area (Å²) in [6.45, 7) is 4.53. The maximum atomic E-state index is 10.2. The van der Waals surface area contributed by atoms with E-state index in [0.717, 1.165) is 12.3 Å². The molecule has 0 amide bonds. The van der Waals surface area contributed by atoms with Crippen LogP contribution in [0.2, 0.25) is 0 Å². The van der Waals surface area contributed by atoms with Crippen LogP contribution in [0, 0.1) is 17.3 Å². The van der Waals surface area contributed by atoms with Gasteiger partial charge in [0.2, 0.25) is 0 Å². The van der Waals surface area contributed by atoms with Gasteiger partial charge in [-0.3, -0.25) is 0 Å². The number of rotatable bonds is 1. The van der Waals surface area contributed by atoms with Crippen LogP contribution in [0.1, 0.15) is 58.8 Å². The van der Waals surface area contributed by atoms with E-state index in [2.05, 4.69) is 13.8 Å². The quantitative estimate of drug-likeness (QED) is 0.682. The lowest BCUT2D eigenvalue weighted by Crippen LogP contribution is -2.59. The van der Waals surface area contributed by atoms with Crippen LogP contribution in [0.5, 0.6) is 0 Å². The smallest absolute Gasteiger partial charge is 0.0627 e. The summed E-state index contributed by atoms with van der Waals surface area (Å²) in [5.74, 6) is 1.46. The first-order chi connectivity index (χ1) is 6.70. The third-order valence-corrected chi connectivity index (χ3v) is 5.01. The number of aliphatic hydroxyl groups excluding tert-OH is 1. The molecule has 0 heterocycles. The average molecular weight is 196 g/mol. The van der Waals surface area contributed by atoms with Gasteiger partial charge in [0, 0.05) is 0 Å². The maximum Gasteiger partial charge on any atom is 0.0627 e. The minimum absolute atomic E-state index is 0.00407. The van der Waals surface area contributed by atoms with Crippen molar-refractivity contribution in [3.63, 3.8) is 0 Å². The lowest BCUT2D eigenvalue weighted by Gasteiger charge is -2.59. The van der Waals surface area contributed by atoms with Gasteiger partial charge in [0.15, 0.2) is 0 Å². The molecular formula is C13H24O. The minimum atomic E-state index is -0.00407. The molecule has 0 aliphatic heterocycles. The van der Waals surface area contributed by atoms with Crippen molar-refractivity contribution in [3.8, 4) is 0 Å². The predicted molar refractivity (Wildman–Crippen MR) is 59.1 cm³/mol. The van der Waals surface area contributed by atoms with Gasteiger partial charge >= 0.3 is 0 Å². The molecule has 4 unspecified atom stereocenters. The van der Waals surface area contributed by atoms with Crippen molar-refractivity contribution < 1.29 is 5.11 Å². The highest BCUT2D eigenvalue weighted by molar-refractivity contribution is 5.05. The van der Waals surface area contributed by atoms with Crippen molar-refractivity contribution in [2.45, 2.75) is 64.9 Å². The van der Waals surface area contributed by atoms with Crippen LogP contribution >= 0.6 is 0 Å². The Morgan fingerprint density at radius 2 is 1.79 bits per heavy atom. The topological polar surface area (TPSA) is 20.2 Å². The van der Waals surface area contributed by atoms with E-state index in [4.69, 9.17) is 0 Å². The second kappa shape index (κ2) is 3.84. The molecule has 0 aromatic heterocycles. The largest absolute Gasteiger partial charge is 0.392 e. The zero-order valence-corrected chi connectivity index (χ0v) is 9.63. The van der Waals surface area contributed by atoms with Gasteiger partial charge in [-0.25, -0.2) is 0 Å². The Kier molecular flexibility index (Phi) is 2.88. The first-order valence-corrected chi connectivity index (χ1v) is 6.38. The van der Waals surface area contributed by atoms with Crippen LogP contribution in [0.25, 0.3) is 0 Å².